The number of nitrogens with zero attached hydrogens (tertiary/aromatic N) is 4. The zero-order chi connectivity index (χ0) is 50.7. The molecule has 75 heavy (non-hydrogen) atoms. The van der Waals surface area contributed by atoms with E-state index in [9.17, 15) is 10.2 Å². The molecule has 368 valence electrons. The zero-order valence-electron chi connectivity index (χ0n) is 42.1. The molecule has 0 radical (unpaired) electrons. The molecule has 0 fully saturated rings. The summed E-state index contributed by atoms with van der Waals surface area (Å²) in [7, 11) is 0. The summed E-state index contributed by atoms with van der Waals surface area (Å²) in [5, 5.41) is 25.3. The number of aromatic nitrogens is 1. The fourth-order valence-corrected chi connectivity index (χ4v) is 10.5. The van der Waals surface area contributed by atoms with Crippen molar-refractivity contribution >= 4 is 56.8 Å². The van der Waals surface area contributed by atoms with Gasteiger partial charge in [0, 0.05) is 66.1 Å². The van der Waals surface area contributed by atoms with Crippen LogP contribution in [0.25, 0.3) is 55.4 Å². The summed E-state index contributed by atoms with van der Waals surface area (Å²) in [4.78, 5) is 14.6. The van der Waals surface area contributed by atoms with Gasteiger partial charge in [-0.25, -0.2) is 4.98 Å². The summed E-state index contributed by atoms with van der Waals surface area (Å²) in [6.07, 6.45) is 1.74. The second kappa shape index (κ2) is 21.7. The number of phenols is 2. The second-order valence-electron chi connectivity index (χ2n) is 18.8. The number of hydrogen-bond acceptors (Lipinski definition) is 6. The number of anilines is 6. The van der Waals surface area contributed by atoms with E-state index in [1.807, 2.05) is 91.0 Å². The van der Waals surface area contributed by atoms with E-state index in [0.29, 0.717) is 28.0 Å². The van der Waals surface area contributed by atoms with Crippen molar-refractivity contribution in [3.63, 3.8) is 0 Å². The molecular weight excluding hydrogens is 1100 g/mol. The third-order valence-electron chi connectivity index (χ3n) is 13.7. The molecule has 11 aromatic rings. The van der Waals surface area contributed by atoms with Crippen LogP contribution < -0.4 is 9.80 Å². The minimum absolute atomic E-state index is 0. The molecule has 0 saturated heterocycles. The van der Waals surface area contributed by atoms with Gasteiger partial charge in [0.15, 0.2) is 0 Å². The minimum atomic E-state index is 0. The number of phenolic OH excluding ortho intramolecular Hbond substituents is 2. The largest absolute Gasteiger partial charge is 0.507 e. The van der Waals surface area contributed by atoms with Crippen LogP contribution in [0.2, 0.25) is 0 Å². The number of rotatable bonds is 12. The van der Waals surface area contributed by atoms with Gasteiger partial charge in [-0.15, -0.1) is 0 Å². The first-order chi connectivity index (χ1) is 36.2. The SMILES string of the molecule is Cc1cc(N(c2ccccc2)c2ccccc2)cc(C)c1-c1ccc(-c2cc(-c3ccccc3)cc(C=Nc3cccc4cc(-c5c(C)cc(N(c6ccccc6)c6ccccc6)cc5C)cc(O)c34)n2)c(O)c1.[Pt]. The Morgan fingerprint density at radius 2 is 0.840 bits per heavy atom. The average Bonchev–Trinajstić information content (AvgIpc) is 3.42. The number of para-hydroxylation sites is 4. The summed E-state index contributed by atoms with van der Waals surface area (Å²) >= 11 is 0. The molecule has 1 aromatic heterocycles. The predicted octanol–water partition coefficient (Wildman–Crippen LogP) is 18.2. The van der Waals surface area contributed by atoms with Crippen LogP contribution >= 0.6 is 0 Å². The van der Waals surface area contributed by atoms with Crippen molar-refractivity contribution in [2.45, 2.75) is 27.7 Å². The molecule has 2 N–H and O–H groups in total. The van der Waals surface area contributed by atoms with E-state index in [1.165, 1.54) is 0 Å². The summed E-state index contributed by atoms with van der Waals surface area (Å²) < 4.78 is 0. The Bertz CT molecular complexity index is 3720. The molecule has 10 aromatic carbocycles. The minimum Gasteiger partial charge on any atom is -0.507 e. The van der Waals surface area contributed by atoms with Crippen molar-refractivity contribution in [2.24, 2.45) is 4.99 Å². The molecule has 0 bridgehead atoms. The predicted molar refractivity (Wildman–Crippen MR) is 309 cm³/mol. The molecule has 0 aliphatic heterocycles. The van der Waals surface area contributed by atoms with E-state index in [0.717, 1.165) is 95.1 Å². The number of aromatic hydroxyl groups is 2. The van der Waals surface area contributed by atoms with Crippen LogP contribution in [-0.2, 0) is 21.1 Å². The van der Waals surface area contributed by atoms with Crippen LogP contribution in [0.3, 0.4) is 0 Å². The van der Waals surface area contributed by atoms with Gasteiger partial charge in [-0.2, -0.15) is 0 Å². The fourth-order valence-electron chi connectivity index (χ4n) is 10.5. The molecule has 6 nitrogen and oxygen atoms in total. The van der Waals surface area contributed by atoms with Gasteiger partial charge >= 0.3 is 0 Å². The third kappa shape index (κ3) is 10.3. The van der Waals surface area contributed by atoms with Gasteiger partial charge in [-0.3, -0.25) is 4.99 Å². The van der Waals surface area contributed by atoms with Gasteiger partial charge in [0.25, 0.3) is 0 Å². The van der Waals surface area contributed by atoms with Gasteiger partial charge in [-0.1, -0.05) is 121 Å². The number of pyridine rings is 1. The number of fused-ring (bicyclic) bond motifs is 1. The van der Waals surface area contributed by atoms with Crippen molar-refractivity contribution in [1.29, 1.82) is 0 Å². The van der Waals surface area contributed by atoms with Crippen molar-refractivity contribution in [2.75, 3.05) is 9.80 Å². The molecule has 0 unspecified atom stereocenters. The Labute approximate surface area is 453 Å². The maximum absolute atomic E-state index is 11.9. The smallest absolute Gasteiger partial charge is 0.126 e. The van der Waals surface area contributed by atoms with E-state index in [1.54, 1.807) is 6.21 Å². The molecular formula is C68H54N4O2Pt. The molecule has 0 aliphatic rings. The molecule has 0 amide bonds. The monoisotopic (exact) mass is 1150 g/mol. The Balaban J connectivity index is 0.00000641. The Morgan fingerprint density at radius 1 is 0.387 bits per heavy atom. The van der Waals surface area contributed by atoms with Crippen molar-refractivity contribution in [3.05, 3.63) is 265 Å². The average molecular weight is 1150 g/mol. The van der Waals surface area contributed by atoms with E-state index >= 15 is 0 Å². The van der Waals surface area contributed by atoms with Crippen LogP contribution in [0.4, 0.5) is 39.8 Å². The van der Waals surface area contributed by atoms with Gasteiger partial charge in [0.05, 0.1) is 23.3 Å². The van der Waals surface area contributed by atoms with E-state index in [-0.39, 0.29) is 32.6 Å². The van der Waals surface area contributed by atoms with Crippen LogP contribution in [0.15, 0.2) is 242 Å². The van der Waals surface area contributed by atoms with Crippen molar-refractivity contribution < 1.29 is 31.3 Å². The normalized spacial score (nSPS) is 11.1. The van der Waals surface area contributed by atoms with Crippen LogP contribution in [-0.4, -0.2) is 21.4 Å². The quantitative estimate of drug-likeness (QED) is 0.119. The van der Waals surface area contributed by atoms with Crippen LogP contribution in [0, 0.1) is 27.7 Å². The Hall–Kier alpha value is -8.83. The maximum Gasteiger partial charge on any atom is 0.126 e. The zero-order valence-corrected chi connectivity index (χ0v) is 44.4. The first-order valence-electron chi connectivity index (χ1n) is 24.9. The summed E-state index contributed by atoms with van der Waals surface area (Å²) in [6, 6.07) is 80.4. The molecule has 0 saturated carbocycles. The van der Waals surface area contributed by atoms with Crippen molar-refractivity contribution in [1.82, 2.24) is 4.98 Å². The van der Waals surface area contributed by atoms with Crippen LogP contribution in [0.5, 0.6) is 11.5 Å². The molecule has 7 heteroatoms. The molecule has 1 heterocycles. The maximum atomic E-state index is 11.9. The standard InChI is InChI=1S/C68H54N4O2.Pt/c1-45-35-59(71(55-24-12-6-13-25-55)56-26-14-7-15-27-56)36-46(2)66(45)51-33-34-61(64(73)42-51)63-41-52(49-21-10-5-11-22-49)40-54(70-63)44-69-62-32-20-23-50-39-53(43-65(74)68(50)62)67-47(3)37-60(38-48(67)4)72(57-28-16-8-17-29-57)58-30-18-9-19-31-58;/h5-44,73-74H,1-4H3;. The van der Waals surface area contributed by atoms with Crippen LogP contribution in [0.1, 0.15) is 27.9 Å². The molecule has 0 atom stereocenters. The Morgan fingerprint density at radius 3 is 1.32 bits per heavy atom. The first-order valence-corrected chi connectivity index (χ1v) is 24.9. The number of hydrogen-bond donors (Lipinski definition) is 2. The van der Waals surface area contributed by atoms with E-state index in [2.05, 4.69) is 183 Å². The third-order valence-corrected chi connectivity index (χ3v) is 13.7. The van der Waals surface area contributed by atoms with Gasteiger partial charge < -0.3 is 20.0 Å². The summed E-state index contributed by atoms with van der Waals surface area (Å²) in [5.41, 5.74) is 19.2. The fraction of sp³-hybridized carbons (Fsp3) is 0.0588. The van der Waals surface area contributed by atoms with Crippen molar-refractivity contribution in [3.8, 4) is 56.1 Å². The summed E-state index contributed by atoms with van der Waals surface area (Å²) in [6.45, 7) is 8.52. The summed E-state index contributed by atoms with van der Waals surface area (Å²) in [5.74, 6) is 0.269. The van der Waals surface area contributed by atoms with E-state index < -0.39 is 0 Å². The number of aliphatic imine (C=N–C) groups is 1. The Kier molecular flexibility index (Phi) is 14.4. The number of aryl methyl sites for hydroxylation is 4. The number of benzene rings is 10. The molecule has 0 aliphatic carbocycles. The van der Waals surface area contributed by atoms with E-state index in [4.69, 9.17) is 9.98 Å². The molecule has 11 rings (SSSR count). The topological polar surface area (TPSA) is 72.2 Å². The molecule has 0 spiro atoms. The van der Waals surface area contributed by atoms with Gasteiger partial charge in [0.2, 0.25) is 0 Å². The van der Waals surface area contributed by atoms with Gasteiger partial charge in [0.1, 0.15) is 11.5 Å². The second-order valence-corrected chi connectivity index (χ2v) is 18.8. The van der Waals surface area contributed by atoms with Gasteiger partial charge in [-0.05, 0) is 204 Å². The first kappa shape index (κ1) is 49.7.